The van der Waals surface area contributed by atoms with Gasteiger partial charge in [0.1, 0.15) is 35.1 Å². The van der Waals surface area contributed by atoms with Gasteiger partial charge in [0.2, 0.25) is 0 Å². The predicted molar refractivity (Wildman–Crippen MR) is 146 cm³/mol. The van der Waals surface area contributed by atoms with Crippen LogP contribution in [-0.2, 0) is 20.9 Å². The van der Waals surface area contributed by atoms with Crippen LogP contribution < -0.4 is 15.4 Å². The molecule has 0 saturated carbocycles. The van der Waals surface area contributed by atoms with Gasteiger partial charge in [0, 0.05) is 18.7 Å². The third kappa shape index (κ3) is 6.78. The maximum atomic E-state index is 13.4. The van der Waals surface area contributed by atoms with Crippen LogP contribution >= 0.6 is 22.9 Å². The molecule has 1 fully saturated rings. The van der Waals surface area contributed by atoms with E-state index in [0.29, 0.717) is 40.8 Å². The molecule has 0 unspecified atom stereocenters. The number of nitrogens with one attached hydrogen (secondary N) is 2. The molecule has 196 valence electrons. The number of thiophene rings is 1. The molecule has 0 amide bonds. The fourth-order valence-corrected chi connectivity index (χ4v) is 5.67. The lowest BCUT2D eigenvalue weighted by atomic mass is 10.2. The topological polar surface area (TPSA) is 102 Å². The minimum Gasteiger partial charge on any atom is -0.487 e. The van der Waals surface area contributed by atoms with E-state index >= 15 is 0 Å². The summed E-state index contributed by atoms with van der Waals surface area (Å²) in [5.74, 6) is 7.04. The molecule has 0 spiro atoms. The van der Waals surface area contributed by atoms with Gasteiger partial charge < -0.3 is 15.4 Å². The number of nitrogens with zero attached hydrogens (tertiary/aromatic N) is 2. The van der Waals surface area contributed by atoms with Gasteiger partial charge in [-0.3, -0.25) is 4.18 Å². The summed E-state index contributed by atoms with van der Waals surface area (Å²) in [6.07, 6.45) is 2.59. The first-order valence-electron chi connectivity index (χ1n) is 11.5. The Balaban J connectivity index is 1.26. The number of anilines is 2. The molecule has 2 aromatic carbocycles. The Morgan fingerprint density at radius 3 is 2.89 bits per heavy atom. The highest BCUT2D eigenvalue weighted by Crippen LogP contribution is 2.33. The Labute approximate surface area is 228 Å². The van der Waals surface area contributed by atoms with Crippen LogP contribution in [0, 0.1) is 17.7 Å². The molecule has 4 aromatic rings. The van der Waals surface area contributed by atoms with Gasteiger partial charge in [0.15, 0.2) is 0 Å². The van der Waals surface area contributed by atoms with E-state index in [4.69, 9.17) is 20.5 Å². The Kier molecular flexibility index (Phi) is 7.78. The maximum Gasteiger partial charge on any atom is 0.264 e. The number of fused-ring (bicyclic) bond motifs is 1. The van der Waals surface area contributed by atoms with Crippen molar-refractivity contribution in [3.8, 4) is 17.6 Å². The van der Waals surface area contributed by atoms with Gasteiger partial charge in [-0.1, -0.05) is 35.6 Å². The molecule has 1 saturated heterocycles. The van der Waals surface area contributed by atoms with Crippen LogP contribution in [0.4, 0.5) is 15.9 Å². The molecule has 2 atom stereocenters. The van der Waals surface area contributed by atoms with E-state index in [-0.39, 0.29) is 18.5 Å². The molecule has 8 nitrogen and oxygen atoms in total. The van der Waals surface area contributed by atoms with Gasteiger partial charge in [-0.2, -0.15) is 8.42 Å². The number of halogens is 2. The molecule has 0 bridgehead atoms. The third-order valence-corrected chi connectivity index (χ3v) is 7.45. The Morgan fingerprint density at radius 2 is 2.11 bits per heavy atom. The van der Waals surface area contributed by atoms with Gasteiger partial charge in [-0.15, -0.1) is 11.3 Å². The standard InChI is InChI=1S/C26H22ClFN4O4S2/c1-38(33,34)36-20-10-18(29-13-20)5-7-21-12-22-25(30-15-31-26(22)37-21)32-19-6-8-24(23(27)11-19)35-14-16-3-2-4-17(28)9-16/h2-4,6,8-9,11-12,15,18,20,29H,10,13-14H2,1H3,(H,30,31,32)/t18-,20-/m1/s1. The lowest BCUT2D eigenvalue weighted by Crippen LogP contribution is -2.21. The van der Waals surface area contributed by atoms with Crippen molar-refractivity contribution < 1.29 is 21.7 Å². The van der Waals surface area contributed by atoms with Gasteiger partial charge in [0.05, 0.1) is 33.7 Å². The molecular formula is C26H22ClFN4O4S2. The number of hydrogen-bond donors (Lipinski definition) is 2. The Morgan fingerprint density at radius 1 is 1.24 bits per heavy atom. The molecule has 1 aliphatic rings. The molecule has 1 aliphatic heterocycles. The summed E-state index contributed by atoms with van der Waals surface area (Å²) in [6.45, 7) is 0.618. The Hall–Kier alpha value is -3.27. The minimum atomic E-state index is -3.50. The van der Waals surface area contributed by atoms with Gasteiger partial charge in [0.25, 0.3) is 10.1 Å². The van der Waals surface area contributed by atoms with E-state index < -0.39 is 16.2 Å². The highest BCUT2D eigenvalue weighted by atomic mass is 35.5. The normalized spacial score (nSPS) is 17.2. The van der Waals surface area contributed by atoms with E-state index in [2.05, 4.69) is 32.4 Å². The number of ether oxygens (including phenoxy) is 1. The van der Waals surface area contributed by atoms with Crippen molar-refractivity contribution in [3.05, 3.63) is 76.1 Å². The second-order valence-corrected chi connectivity index (χ2v) is 11.7. The van der Waals surface area contributed by atoms with Crippen molar-refractivity contribution in [1.29, 1.82) is 0 Å². The second kappa shape index (κ2) is 11.2. The molecule has 3 heterocycles. The van der Waals surface area contributed by atoms with Crippen LogP contribution in [0.1, 0.15) is 16.9 Å². The van der Waals surface area contributed by atoms with E-state index in [1.807, 2.05) is 12.1 Å². The molecule has 2 aromatic heterocycles. The van der Waals surface area contributed by atoms with Crippen LogP contribution in [0.5, 0.6) is 5.75 Å². The van der Waals surface area contributed by atoms with Crippen molar-refractivity contribution in [1.82, 2.24) is 15.3 Å². The van der Waals surface area contributed by atoms with E-state index in [0.717, 1.165) is 21.3 Å². The lowest BCUT2D eigenvalue weighted by Gasteiger charge is -2.11. The number of benzene rings is 2. The number of aromatic nitrogens is 2. The summed E-state index contributed by atoms with van der Waals surface area (Å²) in [5, 5.41) is 7.64. The van der Waals surface area contributed by atoms with Crippen molar-refractivity contribution in [2.75, 3.05) is 18.1 Å². The predicted octanol–water partition coefficient (Wildman–Crippen LogP) is 4.86. The molecule has 38 heavy (non-hydrogen) atoms. The summed E-state index contributed by atoms with van der Waals surface area (Å²) in [5.41, 5.74) is 1.41. The first kappa shape index (κ1) is 26.3. The van der Waals surface area contributed by atoms with Crippen LogP contribution in [-0.4, -0.2) is 43.3 Å². The average molecular weight is 573 g/mol. The fourth-order valence-electron chi connectivity index (χ4n) is 3.93. The summed E-state index contributed by atoms with van der Waals surface area (Å²) in [4.78, 5) is 10.3. The zero-order valence-corrected chi connectivity index (χ0v) is 22.5. The molecule has 5 rings (SSSR count). The van der Waals surface area contributed by atoms with Crippen LogP contribution in [0.2, 0.25) is 5.02 Å². The molecule has 0 aliphatic carbocycles. The van der Waals surface area contributed by atoms with Gasteiger partial charge >= 0.3 is 0 Å². The van der Waals surface area contributed by atoms with Crippen LogP contribution in [0.15, 0.2) is 54.9 Å². The smallest absolute Gasteiger partial charge is 0.264 e. The maximum absolute atomic E-state index is 13.4. The third-order valence-electron chi connectivity index (χ3n) is 5.58. The Bertz CT molecular complexity index is 1650. The zero-order valence-electron chi connectivity index (χ0n) is 20.1. The summed E-state index contributed by atoms with van der Waals surface area (Å²) >= 11 is 7.86. The second-order valence-electron chi connectivity index (χ2n) is 8.63. The first-order chi connectivity index (χ1) is 18.2. The summed E-state index contributed by atoms with van der Waals surface area (Å²) < 4.78 is 46.9. The largest absolute Gasteiger partial charge is 0.487 e. The summed E-state index contributed by atoms with van der Waals surface area (Å²) in [7, 11) is -3.50. The number of rotatable bonds is 7. The van der Waals surface area contributed by atoms with E-state index in [1.54, 1.807) is 24.3 Å². The lowest BCUT2D eigenvalue weighted by molar-refractivity contribution is 0.231. The minimum absolute atomic E-state index is 0.167. The monoisotopic (exact) mass is 572 g/mol. The van der Waals surface area contributed by atoms with Crippen molar-refractivity contribution in [2.45, 2.75) is 25.2 Å². The van der Waals surface area contributed by atoms with Crippen molar-refractivity contribution >= 4 is 54.8 Å². The molecule has 12 heteroatoms. The van der Waals surface area contributed by atoms with Gasteiger partial charge in [-0.05, 0) is 42.0 Å². The van der Waals surface area contributed by atoms with Crippen molar-refractivity contribution in [2.24, 2.45) is 0 Å². The summed E-state index contributed by atoms with van der Waals surface area (Å²) in [6, 6.07) is 13.2. The average Bonchev–Trinajstić information content (AvgIpc) is 3.48. The highest BCUT2D eigenvalue weighted by Gasteiger charge is 2.26. The fraction of sp³-hybridized carbons (Fsp3) is 0.231. The quantitative estimate of drug-likeness (QED) is 0.239. The first-order valence-corrected chi connectivity index (χ1v) is 14.5. The number of hydrogen-bond acceptors (Lipinski definition) is 9. The van der Waals surface area contributed by atoms with Gasteiger partial charge in [-0.25, -0.2) is 14.4 Å². The highest BCUT2D eigenvalue weighted by molar-refractivity contribution is 7.86. The van der Waals surface area contributed by atoms with Crippen LogP contribution in [0.25, 0.3) is 10.2 Å². The zero-order chi connectivity index (χ0) is 26.7. The van der Waals surface area contributed by atoms with Crippen molar-refractivity contribution in [3.63, 3.8) is 0 Å². The van der Waals surface area contributed by atoms with E-state index in [9.17, 15) is 12.8 Å². The van der Waals surface area contributed by atoms with Crippen LogP contribution in [0.3, 0.4) is 0 Å². The molecule has 2 N–H and O–H groups in total. The SMILES string of the molecule is CS(=O)(=O)O[C@H]1CN[C@H](C#Cc2cc3c(Nc4ccc(OCc5cccc(F)c5)c(Cl)c4)ncnc3s2)C1. The molecular weight excluding hydrogens is 551 g/mol. The molecule has 0 radical (unpaired) electrons. The van der Waals surface area contributed by atoms with E-state index in [1.165, 1.54) is 29.8 Å².